The van der Waals surface area contributed by atoms with Gasteiger partial charge in [-0.15, -0.1) is 24.0 Å². The van der Waals surface area contributed by atoms with Gasteiger partial charge in [-0.3, -0.25) is 9.89 Å². The van der Waals surface area contributed by atoms with Gasteiger partial charge < -0.3 is 15.4 Å². The second kappa shape index (κ2) is 8.85. The third kappa shape index (κ3) is 4.95. The van der Waals surface area contributed by atoms with Crippen LogP contribution in [0.4, 0.5) is 0 Å². The zero-order valence-corrected chi connectivity index (χ0v) is 17.1. The molecule has 3 aliphatic heterocycles. The smallest absolute Gasteiger partial charge is 0.191 e. The highest BCUT2D eigenvalue weighted by molar-refractivity contribution is 14.0. The summed E-state index contributed by atoms with van der Waals surface area (Å²) in [4.78, 5) is 6.99. The van der Waals surface area contributed by atoms with Gasteiger partial charge in [0.15, 0.2) is 5.96 Å². The molecule has 5 atom stereocenters. The minimum absolute atomic E-state index is 0. The molecule has 5 unspecified atom stereocenters. The second-order valence-electron chi connectivity index (χ2n) is 7.40. The fraction of sp³-hybridized carbons (Fsp3) is 0.941. The van der Waals surface area contributed by atoms with Gasteiger partial charge in [0.05, 0.1) is 18.2 Å². The van der Waals surface area contributed by atoms with Crippen molar-refractivity contribution in [1.82, 2.24) is 15.5 Å². The summed E-state index contributed by atoms with van der Waals surface area (Å²) in [6.45, 7) is 8.10. The maximum Gasteiger partial charge on any atom is 0.191 e. The Morgan fingerprint density at radius 1 is 1.35 bits per heavy atom. The summed E-state index contributed by atoms with van der Waals surface area (Å²) in [6, 6.07) is 0.993. The molecule has 0 radical (unpaired) electrons. The average molecular weight is 436 g/mol. The van der Waals surface area contributed by atoms with Gasteiger partial charge in [-0.05, 0) is 51.5 Å². The summed E-state index contributed by atoms with van der Waals surface area (Å²) in [5, 5.41) is 7.07. The van der Waals surface area contributed by atoms with Crippen molar-refractivity contribution in [3.05, 3.63) is 0 Å². The Morgan fingerprint density at radius 3 is 2.78 bits per heavy atom. The Labute approximate surface area is 158 Å². The lowest BCUT2D eigenvalue weighted by Crippen LogP contribution is -2.51. The van der Waals surface area contributed by atoms with Crippen LogP contribution in [0.5, 0.6) is 0 Å². The normalized spacial score (nSPS) is 35.7. The average Bonchev–Trinajstić information content (AvgIpc) is 3.13. The minimum Gasteiger partial charge on any atom is -0.373 e. The summed E-state index contributed by atoms with van der Waals surface area (Å²) in [7, 11) is 1.86. The molecule has 2 bridgehead atoms. The molecule has 3 aliphatic rings. The second-order valence-corrected chi connectivity index (χ2v) is 7.40. The van der Waals surface area contributed by atoms with Crippen molar-refractivity contribution >= 4 is 29.9 Å². The minimum atomic E-state index is 0. The molecular weight excluding hydrogens is 403 g/mol. The molecule has 134 valence electrons. The maximum atomic E-state index is 5.91. The first-order valence-electron chi connectivity index (χ1n) is 9.02. The van der Waals surface area contributed by atoms with Gasteiger partial charge in [0.2, 0.25) is 0 Å². The van der Waals surface area contributed by atoms with Crippen LogP contribution >= 0.6 is 24.0 Å². The summed E-state index contributed by atoms with van der Waals surface area (Å²) in [5.74, 6) is 1.76. The number of ether oxygens (including phenoxy) is 1. The Balaban J connectivity index is 0.00000192. The van der Waals surface area contributed by atoms with Crippen LogP contribution in [0.3, 0.4) is 0 Å². The maximum absolute atomic E-state index is 5.91. The molecule has 3 saturated heterocycles. The molecule has 0 aliphatic carbocycles. The topological polar surface area (TPSA) is 48.9 Å². The fourth-order valence-corrected chi connectivity index (χ4v) is 4.16. The number of aliphatic imine (C=N–C) groups is 1. The van der Waals surface area contributed by atoms with E-state index in [1.807, 2.05) is 7.05 Å². The van der Waals surface area contributed by atoms with Gasteiger partial charge >= 0.3 is 0 Å². The SMILES string of the molecule is CN=C(NCC(C)N1CCCC(C)C1)NC1CC2CCC1O2.I. The van der Waals surface area contributed by atoms with Crippen LogP contribution < -0.4 is 10.6 Å². The van der Waals surface area contributed by atoms with Gasteiger partial charge in [0.1, 0.15) is 0 Å². The predicted molar refractivity (Wildman–Crippen MR) is 106 cm³/mol. The molecule has 3 heterocycles. The van der Waals surface area contributed by atoms with Crippen molar-refractivity contribution in [2.45, 2.75) is 70.2 Å². The number of nitrogens with zero attached hydrogens (tertiary/aromatic N) is 2. The van der Waals surface area contributed by atoms with E-state index >= 15 is 0 Å². The molecule has 3 fully saturated rings. The summed E-state index contributed by atoms with van der Waals surface area (Å²) in [6.07, 6.45) is 7.15. The molecule has 5 nitrogen and oxygen atoms in total. The first-order valence-corrected chi connectivity index (χ1v) is 9.02. The van der Waals surface area contributed by atoms with Crippen molar-refractivity contribution in [3.8, 4) is 0 Å². The molecule has 0 spiro atoms. The zero-order valence-electron chi connectivity index (χ0n) is 14.8. The third-order valence-electron chi connectivity index (χ3n) is 5.53. The highest BCUT2D eigenvalue weighted by Gasteiger charge is 2.41. The summed E-state index contributed by atoms with van der Waals surface area (Å²) >= 11 is 0. The summed E-state index contributed by atoms with van der Waals surface area (Å²) < 4.78 is 5.91. The number of hydrogen-bond donors (Lipinski definition) is 2. The lowest BCUT2D eigenvalue weighted by atomic mass is 9.96. The van der Waals surface area contributed by atoms with E-state index in [9.17, 15) is 0 Å². The molecule has 0 amide bonds. The quantitative estimate of drug-likeness (QED) is 0.403. The van der Waals surface area contributed by atoms with Crippen LogP contribution in [0.2, 0.25) is 0 Å². The monoisotopic (exact) mass is 436 g/mol. The first-order chi connectivity index (χ1) is 10.7. The van der Waals surface area contributed by atoms with Gasteiger partial charge in [0, 0.05) is 26.2 Å². The highest BCUT2D eigenvalue weighted by Crippen LogP contribution is 2.34. The van der Waals surface area contributed by atoms with Gasteiger partial charge in [-0.25, -0.2) is 0 Å². The standard InChI is InChI=1S/C17H32N4O.HI/c1-12-5-4-8-21(11-12)13(2)10-19-17(18-3)20-15-9-14-6-7-16(15)22-14;/h12-16H,4-11H2,1-3H3,(H2,18,19,20);1H. The Kier molecular flexibility index (Phi) is 7.41. The number of guanidine groups is 1. The van der Waals surface area contributed by atoms with Crippen LogP contribution in [0.25, 0.3) is 0 Å². The van der Waals surface area contributed by atoms with Gasteiger partial charge in [0.25, 0.3) is 0 Å². The number of hydrogen-bond acceptors (Lipinski definition) is 3. The van der Waals surface area contributed by atoms with Crippen molar-refractivity contribution in [1.29, 1.82) is 0 Å². The molecule has 0 aromatic rings. The number of fused-ring (bicyclic) bond motifs is 2. The highest BCUT2D eigenvalue weighted by atomic mass is 127. The molecule has 23 heavy (non-hydrogen) atoms. The van der Waals surface area contributed by atoms with Gasteiger partial charge in [-0.2, -0.15) is 0 Å². The Bertz CT molecular complexity index is 406. The molecule has 0 aromatic carbocycles. The van der Waals surface area contributed by atoms with E-state index in [0.717, 1.165) is 24.8 Å². The van der Waals surface area contributed by atoms with Crippen molar-refractivity contribution in [2.75, 3.05) is 26.7 Å². The Morgan fingerprint density at radius 2 is 2.17 bits per heavy atom. The fourth-order valence-electron chi connectivity index (χ4n) is 4.16. The Hall–Kier alpha value is -0.0800. The van der Waals surface area contributed by atoms with Gasteiger partial charge in [-0.1, -0.05) is 6.92 Å². The zero-order chi connectivity index (χ0) is 15.5. The molecule has 0 aromatic heterocycles. The van der Waals surface area contributed by atoms with Crippen LogP contribution in [0, 0.1) is 5.92 Å². The molecule has 0 saturated carbocycles. The first kappa shape index (κ1) is 19.2. The number of nitrogens with one attached hydrogen (secondary N) is 2. The van der Waals surface area contributed by atoms with E-state index in [2.05, 4.69) is 34.4 Å². The van der Waals surface area contributed by atoms with E-state index < -0.39 is 0 Å². The number of piperidine rings is 1. The van der Waals surface area contributed by atoms with Crippen molar-refractivity contribution < 1.29 is 4.74 Å². The number of rotatable bonds is 4. The van der Waals surface area contributed by atoms with E-state index in [1.54, 1.807) is 0 Å². The van der Waals surface area contributed by atoms with Crippen molar-refractivity contribution in [2.24, 2.45) is 10.9 Å². The van der Waals surface area contributed by atoms with E-state index in [4.69, 9.17) is 4.74 Å². The number of halogens is 1. The molecule has 3 rings (SSSR count). The van der Waals surface area contributed by atoms with Crippen LogP contribution in [0.1, 0.15) is 46.0 Å². The molecule has 2 N–H and O–H groups in total. The van der Waals surface area contributed by atoms with Crippen LogP contribution in [-0.4, -0.2) is 61.8 Å². The van der Waals surface area contributed by atoms with Crippen LogP contribution in [0.15, 0.2) is 4.99 Å². The summed E-state index contributed by atoms with van der Waals surface area (Å²) in [5.41, 5.74) is 0. The molecular formula is C17H33IN4O. The van der Waals surface area contributed by atoms with E-state index in [1.165, 1.54) is 38.8 Å². The van der Waals surface area contributed by atoms with Crippen molar-refractivity contribution in [3.63, 3.8) is 0 Å². The number of likely N-dealkylation sites (tertiary alicyclic amines) is 1. The predicted octanol–water partition coefficient (Wildman–Crippen LogP) is 2.21. The lowest BCUT2D eigenvalue weighted by molar-refractivity contribution is 0.0991. The van der Waals surface area contributed by atoms with E-state index in [-0.39, 0.29) is 24.0 Å². The largest absolute Gasteiger partial charge is 0.373 e. The lowest BCUT2D eigenvalue weighted by Gasteiger charge is -2.36. The third-order valence-corrected chi connectivity index (χ3v) is 5.53. The molecule has 6 heteroatoms. The van der Waals surface area contributed by atoms with E-state index in [0.29, 0.717) is 24.3 Å². The van der Waals surface area contributed by atoms with Crippen LogP contribution in [-0.2, 0) is 4.74 Å².